The lowest BCUT2D eigenvalue weighted by atomic mass is 9.81. The Balaban J connectivity index is 1.23. The molecule has 3 aromatic rings. The number of ether oxygens (including phenoxy) is 7. The Bertz CT molecular complexity index is 2390. The number of piperazine rings is 1. The zero-order valence-electron chi connectivity index (χ0n) is 39.5. The molecule has 1 saturated heterocycles. The van der Waals surface area contributed by atoms with Crippen molar-refractivity contribution in [3.8, 4) is 17.2 Å². The van der Waals surface area contributed by atoms with Crippen molar-refractivity contribution in [1.82, 2.24) is 14.7 Å². The first-order chi connectivity index (χ1) is 34.5. The minimum atomic E-state index is -4.69. The maximum absolute atomic E-state index is 15.4. The molecule has 2 atom stereocenters. The quantitative estimate of drug-likeness (QED) is 0.0330. The molecule has 392 valence electrons. The normalized spacial score (nSPS) is 16.4. The Morgan fingerprint density at radius 2 is 1.36 bits per heavy atom. The predicted octanol–water partition coefficient (Wildman–Crippen LogP) is 6.83. The van der Waals surface area contributed by atoms with Crippen molar-refractivity contribution in [3.05, 3.63) is 115 Å². The number of alkyl halides is 3. The maximum atomic E-state index is 15.4. The number of halogens is 4. The summed E-state index contributed by atoms with van der Waals surface area (Å²) in [6, 6.07) is 12.8. The molecule has 2 heterocycles. The molecule has 0 aromatic heterocycles. The van der Waals surface area contributed by atoms with E-state index in [1.165, 1.54) is 9.80 Å². The fourth-order valence-electron chi connectivity index (χ4n) is 8.23. The number of aryl methyl sites for hydroxylation is 1. The summed E-state index contributed by atoms with van der Waals surface area (Å²) in [5, 5.41) is 19.0. The van der Waals surface area contributed by atoms with Crippen LogP contribution in [0.3, 0.4) is 0 Å². The van der Waals surface area contributed by atoms with Gasteiger partial charge in [0.2, 0.25) is 0 Å². The summed E-state index contributed by atoms with van der Waals surface area (Å²) in [7, 11) is 1.57. The van der Waals surface area contributed by atoms with E-state index in [1.807, 2.05) is 25.1 Å². The van der Waals surface area contributed by atoms with Gasteiger partial charge in [-0.25, -0.2) is 14.0 Å². The van der Waals surface area contributed by atoms with Crippen LogP contribution in [-0.4, -0.2) is 147 Å². The van der Waals surface area contributed by atoms with Crippen LogP contribution in [0.2, 0.25) is 0 Å². The van der Waals surface area contributed by atoms with Crippen molar-refractivity contribution in [2.75, 3.05) is 86.3 Å². The van der Waals surface area contributed by atoms with Crippen LogP contribution in [0.4, 0.5) is 27.2 Å². The van der Waals surface area contributed by atoms with E-state index in [4.69, 9.17) is 33.2 Å². The van der Waals surface area contributed by atoms with E-state index >= 15 is 4.79 Å². The lowest BCUT2D eigenvalue weighted by Crippen LogP contribution is -2.65. The molecule has 1 aliphatic carbocycles. The molecule has 6 rings (SSSR count). The number of fused-ring (bicyclic) bond motifs is 2. The molecule has 72 heavy (non-hydrogen) atoms. The largest absolute Gasteiger partial charge is 0.496 e. The smallest absolute Gasteiger partial charge is 0.416 e. The average Bonchev–Trinajstić information content (AvgIpc) is 4.19. The summed E-state index contributed by atoms with van der Waals surface area (Å²) in [5.41, 5.74) is 2.11. The minimum absolute atomic E-state index is 0.0286. The van der Waals surface area contributed by atoms with Crippen LogP contribution in [0.5, 0.6) is 17.2 Å². The average molecular weight is 1020 g/mol. The number of rotatable bonds is 27. The second kappa shape index (κ2) is 25.8. The Kier molecular flexibility index (Phi) is 19.4. The third-order valence-electron chi connectivity index (χ3n) is 11.7. The van der Waals surface area contributed by atoms with Crippen LogP contribution in [0, 0.1) is 33.0 Å². The molecule has 2 fully saturated rings. The van der Waals surface area contributed by atoms with E-state index in [2.05, 4.69) is 9.68 Å². The van der Waals surface area contributed by atoms with E-state index in [0.29, 0.717) is 41.5 Å². The highest BCUT2D eigenvalue weighted by molar-refractivity contribution is 6.04. The van der Waals surface area contributed by atoms with Gasteiger partial charge in [0, 0.05) is 31.2 Å². The Morgan fingerprint density at radius 3 is 1.94 bits per heavy atom. The van der Waals surface area contributed by atoms with Gasteiger partial charge in [-0.2, -0.15) is 13.2 Å². The lowest BCUT2D eigenvalue weighted by molar-refractivity contribution is -0.758. The lowest BCUT2D eigenvalue weighted by Gasteiger charge is -2.50. The van der Waals surface area contributed by atoms with E-state index in [9.17, 15) is 47.4 Å². The Hall–Kier alpha value is -7.15. The minimum Gasteiger partial charge on any atom is -0.496 e. The second-order valence-electron chi connectivity index (χ2n) is 16.7. The van der Waals surface area contributed by atoms with E-state index in [-0.39, 0.29) is 115 Å². The van der Waals surface area contributed by atoms with Crippen LogP contribution in [0.25, 0.3) is 5.57 Å². The number of methoxy groups -OCH3 is 1. The number of unbranched alkanes of at least 4 members (excludes halogenated alkanes) is 1. The van der Waals surface area contributed by atoms with Gasteiger partial charge < -0.3 is 52.6 Å². The maximum Gasteiger partial charge on any atom is 0.416 e. The first-order valence-corrected chi connectivity index (χ1v) is 23.0. The van der Waals surface area contributed by atoms with Crippen LogP contribution >= 0.6 is 0 Å². The third-order valence-corrected chi connectivity index (χ3v) is 11.7. The van der Waals surface area contributed by atoms with Gasteiger partial charge in [0.1, 0.15) is 37.9 Å². The van der Waals surface area contributed by atoms with Crippen LogP contribution in [0.1, 0.15) is 54.4 Å². The number of carbonyl (C=O) groups is 3. The molecule has 1 saturated carbocycles. The van der Waals surface area contributed by atoms with Crippen molar-refractivity contribution in [2.45, 2.75) is 69.9 Å². The third kappa shape index (κ3) is 15.4. The fraction of sp³-hybridized carbons (Fsp3) is 0.511. The zero-order chi connectivity index (χ0) is 51.8. The zero-order valence-corrected chi connectivity index (χ0v) is 39.5. The molecular formula is C47H55F4N5O16. The molecule has 21 nitrogen and oxygen atoms in total. The summed E-state index contributed by atoms with van der Waals surface area (Å²) in [5.74, 6) is -0.626. The van der Waals surface area contributed by atoms with Crippen molar-refractivity contribution in [3.63, 3.8) is 0 Å². The van der Waals surface area contributed by atoms with Crippen molar-refractivity contribution in [2.24, 2.45) is 0 Å². The SMILES string of the molecule is COc1ccc(CN(C(=O)C2=C(c3ccc(OCCCCOc4ccc(C(F)(F)F)cc4F)cc3)CC3CN(C(=O)OCCOCCO[N+](=O)[O-])CC2N3C(=O)OCCOCCO[N+](=O)[O-])C2CC2)cc1C. The summed E-state index contributed by atoms with van der Waals surface area (Å²) in [4.78, 5) is 77.3. The topological polar surface area (TPSA) is 230 Å². The van der Waals surface area contributed by atoms with Crippen LogP contribution < -0.4 is 14.2 Å². The summed E-state index contributed by atoms with van der Waals surface area (Å²) >= 11 is 0. The van der Waals surface area contributed by atoms with Gasteiger partial charge >= 0.3 is 18.4 Å². The standard InChI is InChI=1S/C47H55F4N5O16/c1-31-25-32(5-13-41(31)64-2)28-53(35-9-10-35)44(57)43-38(33-6-11-37(12-7-33)67-15-3-4-16-68-42-14-8-34(26-39(42)48)47(49,50)51)27-36-29-52(45(58)69-21-17-65-19-23-71-55(60)61)30-40(43)54(36)46(59)70-22-18-66-20-24-72-56(62)63/h5-8,11-14,25-26,35-36,40H,3-4,9-10,15-24,27-30H2,1-2H3. The summed E-state index contributed by atoms with van der Waals surface area (Å²) < 4.78 is 91.6. The first-order valence-electron chi connectivity index (χ1n) is 23.0. The Morgan fingerprint density at radius 1 is 0.750 bits per heavy atom. The molecule has 0 N–H and O–H groups in total. The van der Waals surface area contributed by atoms with Gasteiger partial charge in [-0.3, -0.25) is 9.69 Å². The fourth-order valence-corrected chi connectivity index (χ4v) is 8.23. The summed E-state index contributed by atoms with van der Waals surface area (Å²) in [6.45, 7) is 0.550. The van der Waals surface area contributed by atoms with Crippen molar-refractivity contribution in [1.29, 1.82) is 0 Å². The van der Waals surface area contributed by atoms with Crippen molar-refractivity contribution >= 4 is 23.7 Å². The first kappa shape index (κ1) is 54.2. The summed E-state index contributed by atoms with van der Waals surface area (Å²) in [6.07, 6.45) is -3.81. The highest BCUT2D eigenvalue weighted by atomic mass is 19.4. The van der Waals surface area contributed by atoms with Gasteiger partial charge in [-0.05, 0) is 97.7 Å². The molecule has 25 heteroatoms. The van der Waals surface area contributed by atoms with Gasteiger partial charge in [0.25, 0.3) is 16.1 Å². The molecule has 3 aromatic carbocycles. The number of carbonyl (C=O) groups excluding carboxylic acids is 3. The van der Waals surface area contributed by atoms with E-state index in [0.717, 1.165) is 36.1 Å². The Labute approximate surface area is 410 Å². The van der Waals surface area contributed by atoms with Gasteiger partial charge in [0.15, 0.2) is 11.6 Å². The molecule has 0 radical (unpaired) electrons. The molecule has 2 unspecified atom stereocenters. The van der Waals surface area contributed by atoms with E-state index in [1.54, 1.807) is 36.3 Å². The number of nitrogens with zero attached hydrogens (tertiary/aromatic N) is 5. The van der Waals surface area contributed by atoms with Crippen LogP contribution in [-0.2, 0) is 46.1 Å². The number of benzene rings is 3. The van der Waals surface area contributed by atoms with Crippen LogP contribution in [0.15, 0.2) is 66.2 Å². The highest BCUT2D eigenvalue weighted by Crippen LogP contribution is 2.42. The van der Waals surface area contributed by atoms with Crippen molar-refractivity contribution < 1.29 is 85.0 Å². The molecule has 3 amide bonds. The molecule has 2 bridgehead atoms. The predicted molar refractivity (Wildman–Crippen MR) is 242 cm³/mol. The monoisotopic (exact) mass is 1020 g/mol. The van der Waals surface area contributed by atoms with Gasteiger partial charge in [-0.1, -0.05) is 24.3 Å². The van der Waals surface area contributed by atoms with Gasteiger partial charge in [-0.15, -0.1) is 20.2 Å². The molecule has 2 aliphatic heterocycles. The molecule has 0 spiro atoms. The molecular weight excluding hydrogens is 967 g/mol. The van der Waals surface area contributed by atoms with Gasteiger partial charge in [0.05, 0.1) is 64.4 Å². The number of hydrogen-bond acceptors (Lipinski definition) is 16. The number of amides is 3. The number of hydrogen-bond donors (Lipinski definition) is 0. The second-order valence-corrected chi connectivity index (χ2v) is 16.7. The molecule has 3 aliphatic rings. The van der Waals surface area contributed by atoms with E-state index < -0.39 is 52.0 Å². The highest BCUT2D eigenvalue weighted by Gasteiger charge is 2.50.